The summed E-state index contributed by atoms with van der Waals surface area (Å²) in [7, 11) is 1.97. The Morgan fingerprint density at radius 2 is 1.54 bits per heavy atom. The van der Waals surface area contributed by atoms with Crippen LogP contribution >= 0.6 is 0 Å². The number of aromatic nitrogens is 1. The molecule has 7 aromatic rings. The third kappa shape index (κ3) is 4.39. The number of benzene rings is 4. The minimum absolute atomic E-state index is 0. The molecule has 0 fully saturated rings. The molecule has 0 radical (unpaired) electrons. The molecule has 4 heterocycles. The first-order chi connectivity index (χ1) is 19.7. The number of hydrogen-bond donors (Lipinski definition) is 0. The Bertz CT molecular complexity index is 2080. The molecular formula is C33H20N3O4Pt-3. The molecule has 204 valence electrons. The van der Waals surface area contributed by atoms with Gasteiger partial charge in [-0.2, -0.15) is 6.67 Å². The Hall–Kier alpha value is -4.74. The van der Waals surface area contributed by atoms with E-state index in [1.807, 2.05) is 109 Å². The Balaban J connectivity index is 0.00000276. The molecule has 0 aliphatic carbocycles. The van der Waals surface area contributed by atoms with Gasteiger partial charge in [-0.25, -0.2) is 4.98 Å². The molecule has 3 aromatic heterocycles. The summed E-state index contributed by atoms with van der Waals surface area (Å²) >= 11 is 0. The van der Waals surface area contributed by atoms with Crippen molar-refractivity contribution in [1.82, 2.24) is 9.88 Å². The minimum Gasteiger partial charge on any atom is -0.512 e. The molecule has 0 N–H and O–H groups in total. The van der Waals surface area contributed by atoms with Gasteiger partial charge >= 0.3 is 0 Å². The van der Waals surface area contributed by atoms with E-state index in [1.54, 1.807) is 12.3 Å². The summed E-state index contributed by atoms with van der Waals surface area (Å²) in [4.78, 5) is 8.22. The molecule has 8 heteroatoms. The minimum atomic E-state index is 0. The normalized spacial score (nSPS) is 13.0. The Morgan fingerprint density at radius 3 is 2.32 bits per heavy atom. The number of ether oxygens (including phenoxy) is 2. The van der Waals surface area contributed by atoms with Crippen molar-refractivity contribution in [2.24, 2.45) is 0 Å². The fraction of sp³-hybridized carbons (Fsp3) is 0.0303. The maximum Gasteiger partial charge on any atom is 0.216 e. The van der Waals surface area contributed by atoms with Crippen molar-refractivity contribution >= 4 is 49.6 Å². The van der Waals surface area contributed by atoms with Crippen LogP contribution in [0.5, 0.6) is 23.1 Å². The van der Waals surface area contributed by atoms with Gasteiger partial charge in [-0.05, 0) is 48.4 Å². The molecule has 4 aromatic carbocycles. The zero-order valence-corrected chi connectivity index (χ0v) is 23.9. The fourth-order valence-electron chi connectivity index (χ4n) is 5.01. The van der Waals surface area contributed by atoms with Crippen LogP contribution in [0.3, 0.4) is 0 Å². The predicted molar refractivity (Wildman–Crippen MR) is 153 cm³/mol. The largest absolute Gasteiger partial charge is 0.512 e. The summed E-state index contributed by atoms with van der Waals surface area (Å²) in [6.07, 6.45) is 5.59. The van der Waals surface area contributed by atoms with Crippen LogP contribution in [0.15, 0.2) is 106 Å². The molecule has 0 amide bonds. The van der Waals surface area contributed by atoms with E-state index in [1.165, 1.54) is 0 Å². The summed E-state index contributed by atoms with van der Waals surface area (Å²) in [5, 5.41) is 3.52. The summed E-state index contributed by atoms with van der Waals surface area (Å²) < 4.78 is 25.3. The number of furan rings is 2. The van der Waals surface area contributed by atoms with Gasteiger partial charge in [-0.3, -0.25) is 0 Å². The SMILES string of the molecule is CN1C=CN(c2[c-]c(Oc3[c-]c(Oc4ccccn4)cc4c3oc3ccccc34)c3c(c2)oc2ccccc23)[CH-]1.[Pt]. The van der Waals surface area contributed by atoms with Gasteiger partial charge in [-0.15, -0.1) is 18.2 Å². The first kappa shape index (κ1) is 25.2. The smallest absolute Gasteiger partial charge is 0.216 e. The van der Waals surface area contributed by atoms with E-state index in [-0.39, 0.29) is 21.1 Å². The third-order valence-corrected chi connectivity index (χ3v) is 6.81. The first-order valence-corrected chi connectivity index (χ1v) is 12.7. The van der Waals surface area contributed by atoms with Gasteiger partial charge in [-0.1, -0.05) is 59.6 Å². The molecule has 7 nitrogen and oxygen atoms in total. The van der Waals surface area contributed by atoms with Gasteiger partial charge in [0.25, 0.3) is 0 Å². The Morgan fingerprint density at radius 1 is 0.756 bits per heavy atom. The molecule has 41 heavy (non-hydrogen) atoms. The zero-order chi connectivity index (χ0) is 26.6. The monoisotopic (exact) mass is 717 g/mol. The summed E-state index contributed by atoms with van der Waals surface area (Å²) in [5.74, 6) is 1.77. The molecule has 8 rings (SSSR count). The molecule has 0 unspecified atom stereocenters. The summed E-state index contributed by atoms with van der Waals surface area (Å²) in [6, 6.07) is 31.8. The molecule has 0 spiro atoms. The molecule has 0 saturated heterocycles. The van der Waals surface area contributed by atoms with E-state index >= 15 is 0 Å². The number of nitrogens with zero attached hydrogens (tertiary/aromatic N) is 3. The second-order valence-electron chi connectivity index (χ2n) is 9.48. The van der Waals surface area contributed by atoms with E-state index in [0.717, 1.165) is 38.4 Å². The van der Waals surface area contributed by atoms with Crippen molar-refractivity contribution in [1.29, 1.82) is 0 Å². The molecule has 0 atom stereocenters. The van der Waals surface area contributed by atoms with Gasteiger partial charge in [0.1, 0.15) is 11.2 Å². The van der Waals surface area contributed by atoms with Crippen LogP contribution in [-0.2, 0) is 21.1 Å². The van der Waals surface area contributed by atoms with Crippen molar-refractivity contribution in [2.75, 3.05) is 11.9 Å². The van der Waals surface area contributed by atoms with Crippen molar-refractivity contribution in [3.8, 4) is 23.1 Å². The number of anilines is 1. The average Bonchev–Trinajstić information content (AvgIpc) is 3.68. The third-order valence-electron chi connectivity index (χ3n) is 6.81. The van der Waals surface area contributed by atoms with Crippen molar-refractivity contribution in [3.63, 3.8) is 0 Å². The van der Waals surface area contributed by atoms with Gasteiger partial charge < -0.3 is 28.1 Å². The molecular weight excluding hydrogens is 697 g/mol. The van der Waals surface area contributed by atoms with Crippen LogP contribution in [0.1, 0.15) is 0 Å². The van der Waals surface area contributed by atoms with Crippen molar-refractivity contribution < 1.29 is 39.4 Å². The number of para-hydroxylation sites is 2. The maximum atomic E-state index is 6.66. The summed E-state index contributed by atoms with van der Waals surface area (Å²) in [6.45, 7) is 1.95. The van der Waals surface area contributed by atoms with Gasteiger partial charge in [0.2, 0.25) is 5.88 Å². The Kier molecular flexibility index (Phi) is 6.17. The molecule has 1 aliphatic rings. The second kappa shape index (κ2) is 10.0. The Labute approximate surface area is 249 Å². The van der Waals surface area contributed by atoms with Crippen molar-refractivity contribution in [2.45, 2.75) is 0 Å². The van der Waals surface area contributed by atoms with Gasteiger partial charge in [0, 0.05) is 55.8 Å². The van der Waals surface area contributed by atoms with E-state index in [0.29, 0.717) is 34.3 Å². The van der Waals surface area contributed by atoms with E-state index in [4.69, 9.17) is 18.3 Å². The number of rotatable bonds is 5. The number of hydrogen-bond acceptors (Lipinski definition) is 7. The van der Waals surface area contributed by atoms with Crippen LogP contribution < -0.4 is 14.4 Å². The van der Waals surface area contributed by atoms with E-state index in [9.17, 15) is 0 Å². The standard InChI is InChI=1S/C33H20N3O4.Pt/c1-35-14-15-36(20-35)21-16-28-32(24-9-3-5-11-27(24)38-28)29(17-21)39-30-19-22(37-31-12-6-7-13-34-31)18-25-23-8-2-4-10-26(23)40-33(25)30;/h2-16,18,20H,1H3;/q-3;. The van der Waals surface area contributed by atoms with Crippen LogP contribution in [0, 0.1) is 18.8 Å². The van der Waals surface area contributed by atoms with Crippen LogP contribution in [0.25, 0.3) is 43.9 Å². The molecule has 1 aliphatic heterocycles. The van der Waals surface area contributed by atoms with E-state index < -0.39 is 0 Å². The second-order valence-corrected chi connectivity index (χ2v) is 9.48. The first-order valence-electron chi connectivity index (χ1n) is 12.7. The predicted octanol–water partition coefficient (Wildman–Crippen LogP) is 8.41. The number of pyridine rings is 1. The quantitative estimate of drug-likeness (QED) is 0.166. The molecule has 0 bridgehead atoms. The average molecular weight is 718 g/mol. The summed E-state index contributed by atoms with van der Waals surface area (Å²) in [5.41, 5.74) is 3.51. The fourth-order valence-corrected chi connectivity index (χ4v) is 5.01. The van der Waals surface area contributed by atoms with Gasteiger partial charge in [0.05, 0.1) is 11.3 Å². The zero-order valence-electron chi connectivity index (χ0n) is 21.6. The van der Waals surface area contributed by atoms with E-state index in [2.05, 4.69) is 17.1 Å². The van der Waals surface area contributed by atoms with Crippen molar-refractivity contribution in [3.05, 3.63) is 116 Å². The van der Waals surface area contributed by atoms with Crippen LogP contribution in [-0.4, -0.2) is 16.9 Å². The van der Waals surface area contributed by atoms with Crippen LogP contribution in [0.2, 0.25) is 0 Å². The maximum absolute atomic E-state index is 6.66. The molecule has 0 saturated carbocycles. The van der Waals surface area contributed by atoms with Crippen LogP contribution in [0.4, 0.5) is 5.69 Å². The van der Waals surface area contributed by atoms with Gasteiger partial charge in [0.15, 0.2) is 0 Å². The number of fused-ring (bicyclic) bond motifs is 6. The topological polar surface area (TPSA) is 64.1 Å².